The average molecular weight is 443 g/mol. The molecular weight excluding hydrogens is 412 g/mol. The monoisotopic (exact) mass is 442 g/mol. The number of nitrogens with zero attached hydrogens (tertiary/aromatic N) is 1. The standard InChI is InChI=1S/C28H30N2O3/c1-29-27(32)28(19-22-13-6-7-14-23(22)21-11-4-3-5-12-21)17-10-18-30(20-28)26(31)24-15-8-9-16-25(24)33-2/h3-9,11-16H,10,17-20H2,1-2H3,(H,29,32)/t28-/m1/s1. The summed E-state index contributed by atoms with van der Waals surface area (Å²) in [7, 11) is 3.24. The first kappa shape index (κ1) is 22.6. The Kier molecular flexibility index (Phi) is 6.78. The zero-order valence-electron chi connectivity index (χ0n) is 19.2. The van der Waals surface area contributed by atoms with Gasteiger partial charge in [-0.3, -0.25) is 9.59 Å². The molecule has 1 fully saturated rings. The normalized spacial score (nSPS) is 17.9. The van der Waals surface area contributed by atoms with Crippen molar-refractivity contribution in [2.45, 2.75) is 19.3 Å². The van der Waals surface area contributed by atoms with Crippen LogP contribution in [-0.4, -0.2) is 44.0 Å². The van der Waals surface area contributed by atoms with Gasteiger partial charge in [0.1, 0.15) is 5.75 Å². The van der Waals surface area contributed by atoms with E-state index in [1.165, 1.54) is 0 Å². The molecular formula is C28H30N2O3. The van der Waals surface area contributed by atoms with Gasteiger partial charge in [0, 0.05) is 20.1 Å². The van der Waals surface area contributed by atoms with Crippen LogP contribution in [0, 0.1) is 5.41 Å². The highest BCUT2D eigenvalue weighted by Crippen LogP contribution is 2.38. The number of para-hydroxylation sites is 1. The van der Waals surface area contributed by atoms with Gasteiger partial charge < -0.3 is 15.0 Å². The molecule has 1 aliphatic rings. The Bertz CT molecular complexity index is 1130. The number of likely N-dealkylation sites (tertiary alicyclic amines) is 1. The Morgan fingerprint density at radius 1 is 0.970 bits per heavy atom. The van der Waals surface area contributed by atoms with Crippen LogP contribution in [0.5, 0.6) is 5.75 Å². The molecule has 5 heteroatoms. The fourth-order valence-corrected chi connectivity index (χ4v) is 4.91. The van der Waals surface area contributed by atoms with Crippen molar-refractivity contribution in [3.8, 4) is 16.9 Å². The number of piperidine rings is 1. The van der Waals surface area contributed by atoms with Crippen LogP contribution in [0.1, 0.15) is 28.8 Å². The lowest BCUT2D eigenvalue weighted by molar-refractivity contribution is -0.133. The lowest BCUT2D eigenvalue weighted by Gasteiger charge is -2.42. The van der Waals surface area contributed by atoms with Crippen molar-refractivity contribution in [2.24, 2.45) is 5.41 Å². The van der Waals surface area contributed by atoms with Crippen molar-refractivity contribution in [3.63, 3.8) is 0 Å². The van der Waals surface area contributed by atoms with Gasteiger partial charge in [0.2, 0.25) is 5.91 Å². The first-order valence-corrected chi connectivity index (χ1v) is 11.4. The van der Waals surface area contributed by atoms with E-state index in [9.17, 15) is 9.59 Å². The topological polar surface area (TPSA) is 58.6 Å². The van der Waals surface area contributed by atoms with Crippen molar-refractivity contribution in [2.75, 3.05) is 27.2 Å². The molecule has 0 saturated carbocycles. The summed E-state index contributed by atoms with van der Waals surface area (Å²) in [6, 6.07) is 25.7. The van der Waals surface area contributed by atoms with Crippen LogP contribution in [0.15, 0.2) is 78.9 Å². The lowest BCUT2D eigenvalue weighted by Crippen LogP contribution is -2.54. The van der Waals surface area contributed by atoms with Crippen molar-refractivity contribution < 1.29 is 14.3 Å². The number of carbonyl (C=O) groups excluding carboxylic acids is 2. The second-order valence-electron chi connectivity index (χ2n) is 8.59. The van der Waals surface area contributed by atoms with E-state index in [2.05, 4.69) is 29.6 Å². The lowest BCUT2D eigenvalue weighted by atomic mass is 9.73. The third kappa shape index (κ3) is 4.63. The highest BCUT2D eigenvalue weighted by atomic mass is 16.5. The second-order valence-corrected chi connectivity index (χ2v) is 8.59. The van der Waals surface area contributed by atoms with Gasteiger partial charge in [0.25, 0.3) is 5.91 Å². The summed E-state index contributed by atoms with van der Waals surface area (Å²) in [5.41, 5.74) is 3.18. The largest absolute Gasteiger partial charge is 0.496 e. The molecule has 1 heterocycles. The van der Waals surface area contributed by atoms with Gasteiger partial charge in [-0.2, -0.15) is 0 Å². The quantitative estimate of drug-likeness (QED) is 0.608. The third-order valence-corrected chi connectivity index (χ3v) is 6.54. The molecule has 0 radical (unpaired) electrons. The highest BCUT2D eigenvalue weighted by Gasteiger charge is 2.43. The number of amides is 2. The number of benzene rings is 3. The van der Waals surface area contributed by atoms with Crippen LogP contribution < -0.4 is 10.1 Å². The van der Waals surface area contributed by atoms with Gasteiger partial charge in [-0.1, -0.05) is 66.7 Å². The van der Waals surface area contributed by atoms with Crippen LogP contribution in [0.4, 0.5) is 0 Å². The number of rotatable bonds is 6. The molecule has 0 bridgehead atoms. The molecule has 2 amide bonds. The molecule has 170 valence electrons. The van der Waals surface area contributed by atoms with Crippen LogP contribution in [0.2, 0.25) is 0 Å². The van der Waals surface area contributed by atoms with E-state index in [0.29, 0.717) is 30.8 Å². The fraction of sp³-hybridized carbons (Fsp3) is 0.286. The predicted octanol–water partition coefficient (Wildman–Crippen LogP) is 4.57. The van der Waals surface area contributed by atoms with E-state index in [1.54, 1.807) is 26.3 Å². The molecule has 1 atom stereocenters. The maximum absolute atomic E-state index is 13.4. The predicted molar refractivity (Wildman–Crippen MR) is 130 cm³/mol. The van der Waals surface area contributed by atoms with Gasteiger partial charge in [0.05, 0.1) is 18.1 Å². The minimum absolute atomic E-state index is 0.0251. The van der Waals surface area contributed by atoms with E-state index >= 15 is 0 Å². The van der Waals surface area contributed by atoms with E-state index in [1.807, 2.05) is 47.4 Å². The van der Waals surface area contributed by atoms with Crippen molar-refractivity contribution in [3.05, 3.63) is 90.0 Å². The Morgan fingerprint density at radius 3 is 2.42 bits per heavy atom. The van der Waals surface area contributed by atoms with E-state index in [-0.39, 0.29) is 11.8 Å². The number of carbonyl (C=O) groups is 2. The van der Waals surface area contributed by atoms with Crippen LogP contribution in [-0.2, 0) is 11.2 Å². The Hall–Kier alpha value is -3.60. The number of nitrogens with one attached hydrogen (secondary N) is 1. The maximum atomic E-state index is 13.4. The minimum atomic E-state index is -0.699. The van der Waals surface area contributed by atoms with Crippen LogP contribution >= 0.6 is 0 Å². The van der Waals surface area contributed by atoms with Gasteiger partial charge in [-0.05, 0) is 48.1 Å². The van der Waals surface area contributed by atoms with E-state index in [4.69, 9.17) is 4.74 Å². The van der Waals surface area contributed by atoms with E-state index < -0.39 is 5.41 Å². The summed E-state index contributed by atoms with van der Waals surface area (Å²) >= 11 is 0. The van der Waals surface area contributed by atoms with E-state index in [0.717, 1.165) is 29.5 Å². The van der Waals surface area contributed by atoms with Gasteiger partial charge in [0.15, 0.2) is 0 Å². The molecule has 5 nitrogen and oxygen atoms in total. The number of hydrogen-bond acceptors (Lipinski definition) is 3. The summed E-state index contributed by atoms with van der Waals surface area (Å²) in [5, 5.41) is 2.88. The number of ether oxygens (including phenoxy) is 1. The first-order valence-electron chi connectivity index (χ1n) is 11.4. The molecule has 33 heavy (non-hydrogen) atoms. The SMILES string of the molecule is CNC(=O)[C@@]1(Cc2ccccc2-c2ccccc2)CCCN(C(=O)c2ccccc2OC)C1. The molecule has 0 aliphatic carbocycles. The molecule has 1 aliphatic heterocycles. The van der Waals surface area contributed by atoms with Crippen molar-refractivity contribution >= 4 is 11.8 Å². The summed E-state index contributed by atoms with van der Waals surface area (Å²) < 4.78 is 5.41. The maximum Gasteiger partial charge on any atom is 0.257 e. The first-order chi connectivity index (χ1) is 16.1. The molecule has 3 aromatic carbocycles. The van der Waals surface area contributed by atoms with Crippen molar-refractivity contribution in [1.29, 1.82) is 0 Å². The fourth-order valence-electron chi connectivity index (χ4n) is 4.91. The summed E-state index contributed by atoms with van der Waals surface area (Å²) in [5.74, 6) is 0.424. The molecule has 1 saturated heterocycles. The Balaban J connectivity index is 1.68. The third-order valence-electron chi connectivity index (χ3n) is 6.54. The van der Waals surface area contributed by atoms with Gasteiger partial charge in [-0.25, -0.2) is 0 Å². The van der Waals surface area contributed by atoms with Crippen LogP contribution in [0.25, 0.3) is 11.1 Å². The van der Waals surface area contributed by atoms with Crippen molar-refractivity contribution in [1.82, 2.24) is 10.2 Å². The molecule has 1 N–H and O–H groups in total. The highest BCUT2D eigenvalue weighted by molar-refractivity contribution is 5.97. The molecule has 0 aromatic heterocycles. The number of hydrogen-bond donors (Lipinski definition) is 1. The van der Waals surface area contributed by atoms with Gasteiger partial charge in [-0.15, -0.1) is 0 Å². The summed E-state index contributed by atoms with van der Waals surface area (Å²) in [6.45, 7) is 0.989. The minimum Gasteiger partial charge on any atom is -0.496 e. The Morgan fingerprint density at radius 2 is 1.67 bits per heavy atom. The molecule has 3 aromatic rings. The molecule has 0 spiro atoms. The second kappa shape index (κ2) is 9.90. The van der Waals surface area contributed by atoms with Crippen LogP contribution in [0.3, 0.4) is 0 Å². The molecule has 0 unspecified atom stereocenters. The zero-order valence-corrected chi connectivity index (χ0v) is 19.2. The van der Waals surface area contributed by atoms with Gasteiger partial charge >= 0.3 is 0 Å². The zero-order chi connectivity index (χ0) is 23.3. The number of methoxy groups -OCH3 is 1. The Labute approximate surface area is 195 Å². The smallest absolute Gasteiger partial charge is 0.257 e. The summed E-state index contributed by atoms with van der Waals surface area (Å²) in [4.78, 5) is 28.5. The molecule has 4 rings (SSSR count). The average Bonchev–Trinajstić information content (AvgIpc) is 2.88. The summed E-state index contributed by atoms with van der Waals surface area (Å²) in [6.07, 6.45) is 2.06.